The molecule has 3 heterocycles. The van der Waals surface area contributed by atoms with Crippen molar-refractivity contribution in [3.8, 4) is 28.5 Å². The highest BCUT2D eigenvalue weighted by atomic mass is 16.5. The highest BCUT2D eigenvalue weighted by molar-refractivity contribution is 6.10. The highest BCUT2D eigenvalue weighted by Crippen LogP contribution is 2.37. The van der Waals surface area contributed by atoms with E-state index in [9.17, 15) is 0 Å². The molecular weight excluding hydrogens is 444 g/mol. The molecule has 0 aliphatic heterocycles. The number of anilines is 1. The zero-order valence-corrected chi connectivity index (χ0v) is 20.8. The minimum atomic E-state index is -0.154. The number of nitrogen functional groups attached to an aromatic ring is 1. The molecule has 1 aromatic carbocycles. The van der Waals surface area contributed by atoms with Gasteiger partial charge in [-0.3, -0.25) is 9.97 Å². The second kappa shape index (κ2) is 9.89. The topological polar surface area (TPSA) is 130 Å². The Balaban J connectivity index is 1.66. The van der Waals surface area contributed by atoms with Gasteiger partial charge in [0, 0.05) is 46.9 Å². The van der Waals surface area contributed by atoms with Crippen LogP contribution in [0.5, 0.6) is 17.2 Å². The molecule has 3 aromatic heterocycles. The Labute approximate surface area is 204 Å². The van der Waals surface area contributed by atoms with Crippen LogP contribution >= 0.6 is 0 Å². The first-order chi connectivity index (χ1) is 16.7. The van der Waals surface area contributed by atoms with Crippen LogP contribution in [0.4, 0.5) is 5.82 Å². The fourth-order valence-electron chi connectivity index (χ4n) is 3.74. The molecule has 0 amide bonds. The number of nitrogens with two attached hydrogens (primary N) is 2. The van der Waals surface area contributed by atoms with E-state index in [1.54, 1.807) is 32.8 Å². The summed E-state index contributed by atoms with van der Waals surface area (Å²) < 4.78 is 16.8. The van der Waals surface area contributed by atoms with E-state index in [2.05, 4.69) is 41.0 Å². The SMILES string of the molecule is COc1cc2ncc3c(N)nc(-c4cncc(OC[C@@H](N)CNC(C)(C)C)c4)cc3c2cc1OC. The molecule has 184 valence electrons. The van der Waals surface area contributed by atoms with Gasteiger partial charge in [0.25, 0.3) is 0 Å². The highest BCUT2D eigenvalue weighted by Gasteiger charge is 2.15. The third-order valence-electron chi connectivity index (χ3n) is 5.58. The molecule has 1 atom stereocenters. The Kier molecular flexibility index (Phi) is 6.90. The van der Waals surface area contributed by atoms with Crippen molar-refractivity contribution in [2.45, 2.75) is 32.4 Å². The lowest BCUT2D eigenvalue weighted by Gasteiger charge is -2.23. The van der Waals surface area contributed by atoms with Crippen LogP contribution in [0, 0.1) is 0 Å². The second-order valence-corrected chi connectivity index (χ2v) is 9.45. The van der Waals surface area contributed by atoms with Gasteiger partial charge in [-0.25, -0.2) is 4.98 Å². The third kappa shape index (κ3) is 5.52. The molecule has 9 heteroatoms. The van der Waals surface area contributed by atoms with Crippen LogP contribution in [-0.4, -0.2) is 53.9 Å². The van der Waals surface area contributed by atoms with Gasteiger partial charge in [0.2, 0.25) is 0 Å². The molecule has 0 aliphatic carbocycles. The lowest BCUT2D eigenvalue weighted by atomic mass is 10.0. The van der Waals surface area contributed by atoms with Crippen LogP contribution < -0.4 is 31.0 Å². The number of nitrogens with zero attached hydrogens (tertiary/aromatic N) is 3. The average Bonchev–Trinajstić information content (AvgIpc) is 2.84. The fraction of sp³-hybridized carbons (Fsp3) is 0.346. The van der Waals surface area contributed by atoms with E-state index in [0.717, 1.165) is 27.2 Å². The van der Waals surface area contributed by atoms with Crippen LogP contribution in [0.25, 0.3) is 32.9 Å². The van der Waals surface area contributed by atoms with E-state index in [1.165, 1.54) is 0 Å². The monoisotopic (exact) mass is 476 g/mol. The summed E-state index contributed by atoms with van der Waals surface area (Å²) in [5.74, 6) is 2.21. The first-order valence-corrected chi connectivity index (χ1v) is 11.4. The summed E-state index contributed by atoms with van der Waals surface area (Å²) in [5, 5.41) is 5.92. The predicted molar refractivity (Wildman–Crippen MR) is 139 cm³/mol. The number of fused-ring (bicyclic) bond motifs is 3. The molecule has 0 fully saturated rings. The molecule has 4 rings (SSSR count). The Morgan fingerprint density at radius 2 is 1.69 bits per heavy atom. The van der Waals surface area contributed by atoms with E-state index in [-0.39, 0.29) is 11.6 Å². The predicted octanol–water partition coefficient (Wildman–Crippen LogP) is 3.54. The van der Waals surface area contributed by atoms with E-state index in [1.807, 2.05) is 24.3 Å². The van der Waals surface area contributed by atoms with Crippen LogP contribution in [0.15, 0.2) is 42.9 Å². The summed E-state index contributed by atoms with van der Waals surface area (Å²) in [6, 6.07) is 7.45. The fourth-order valence-corrected chi connectivity index (χ4v) is 3.74. The molecule has 0 bridgehead atoms. The number of ether oxygens (including phenoxy) is 3. The van der Waals surface area contributed by atoms with E-state index >= 15 is 0 Å². The van der Waals surface area contributed by atoms with Crippen molar-refractivity contribution in [3.63, 3.8) is 0 Å². The molecular formula is C26H32N6O3. The van der Waals surface area contributed by atoms with Crippen LogP contribution in [0.2, 0.25) is 0 Å². The zero-order chi connectivity index (χ0) is 25.2. The quantitative estimate of drug-likeness (QED) is 0.327. The molecule has 5 N–H and O–H groups in total. The minimum absolute atomic E-state index is 0.00435. The number of benzene rings is 1. The maximum absolute atomic E-state index is 6.33. The van der Waals surface area contributed by atoms with Crippen molar-refractivity contribution in [1.29, 1.82) is 0 Å². The van der Waals surface area contributed by atoms with Gasteiger partial charge < -0.3 is 31.0 Å². The van der Waals surface area contributed by atoms with Gasteiger partial charge >= 0.3 is 0 Å². The summed E-state index contributed by atoms with van der Waals surface area (Å²) in [6.45, 7) is 7.31. The standard InChI is InChI=1S/C26H32N6O3/c1-26(2,3)31-11-16(27)14-35-17-6-15(10-29-12-17)21-7-18-19-8-23(33-4)24(34-5)9-22(19)30-13-20(18)25(28)32-21/h6-10,12-13,16,31H,11,14,27H2,1-5H3,(H2,28,32)/t16-/m0/s1. The van der Waals surface area contributed by atoms with Crippen molar-refractivity contribution in [1.82, 2.24) is 20.3 Å². The molecule has 0 saturated carbocycles. The second-order valence-electron chi connectivity index (χ2n) is 9.45. The van der Waals surface area contributed by atoms with E-state index < -0.39 is 0 Å². The van der Waals surface area contributed by atoms with E-state index in [0.29, 0.717) is 41.9 Å². The molecule has 0 radical (unpaired) electrons. The maximum atomic E-state index is 6.33. The first-order valence-electron chi connectivity index (χ1n) is 11.4. The molecule has 9 nitrogen and oxygen atoms in total. The smallest absolute Gasteiger partial charge is 0.162 e. The first kappa shape index (κ1) is 24.4. The van der Waals surface area contributed by atoms with Gasteiger partial charge in [-0.2, -0.15) is 0 Å². The van der Waals surface area contributed by atoms with Crippen LogP contribution in [0.1, 0.15) is 20.8 Å². The van der Waals surface area contributed by atoms with Crippen LogP contribution in [-0.2, 0) is 0 Å². The van der Waals surface area contributed by atoms with Gasteiger partial charge in [-0.1, -0.05) is 0 Å². The number of nitrogens with one attached hydrogen (secondary N) is 1. The molecule has 0 aliphatic rings. The molecule has 0 unspecified atom stereocenters. The summed E-state index contributed by atoms with van der Waals surface area (Å²) in [5.41, 5.74) is 14.7. The van der Waals surface area contributed by atoms with Crippen molar-refractivity contribution in [3.05, 3.63) is 42.9 Å². The number of pyridine rings is 3. The largest absolute Gasteiger partial charge is 0.493 e. The van der Waals surface area contributed by atoms with Gasteiger partial charge in [0.1, 0.15) is 18.2 Å². The lowest BCUT2D eigenvalue weighted by Crippen LogP contribution is -2.46. The van der Waals surface area contributed by atoms with E-state index in [4.69, 9.17) is 25.7 Å². The number of hydrogen-bond donors (Lipinski definition) is 3. The Morgan fingerprint density at radius 3 is 2.40 bits per heavy atom. The van der Waals surface area contributed by atoms with Crippen molar-refractivity contribution in [2.24, 2.45) is 5.73 Å². The van der Waals surface area contributed by atoms with Crippen LogP contribution in [0.3, 0.4) is 0 Å². The summed E-state index contributed by atoms with van der Waals surface area (Å²) in [7, 11) is 3.20. The van der Waals surface area contributed by atoms with Crippen molar-refractivity contribution < 1.29 is 14.2 Å². The normalized spacial score (nSPS) is 12.6. The Bertz CT molecular complexity index is 1350. The molecule has 4 aromatic rings. The average molecular weight is 477 g/mol. The maximum Gasteiger partial charge on any atom is 0.162 e. The van der Waals surface area contributed by atoms with Gasteiger partial charge in [0.05, 0.1) is 37.7 Å². The van der Waals surface area contributed by atoms with Gasteiger partial charge in [-0.05, 0) is 44.4 Å². The number of methoxy groups -OCH3 is 2. The summed E-state index contributed by atoms with van der Waals surface area (Å²) >= 11 is 0. The molecule has 0 saturated heterocycles. The Morgan fingerprint density at radius 1 is 0.943 bits per heavy atom. The number of aromatic nitrogens is 3. The van der Waals surface area contributed by atoms with Crippen molar-refractivity contribution in [2.75, 3.05) is 33.1 Å². The number of rotatable bonds is 8. The third-order valence-corrected chi connectivity index (χ3v) is 5.58. The summed E-state index contributed by atoms with van der Waals surface area (Å²) in [4.78, 5) is 13.5. The van der Waals surface area contributed by atoms with Gasteiger partial charge in [0.15, 0.2) is 11.5 Å². The molecule has 35 heavy (non-hydrogen) atoms. The Hall–Kier alpha value is -3.69. The summed E-state index contributed by atoms with van der Waals surface area (Å²) in [6.07, 6.45) is 5.11. The zero-order valence-electron chi connectivity index (χ0n) is 20.8. The van der Waals surface area contributed by atoms with Gasteiger partial charge in [-0.15, -0.1) is 0 Å². The lowest BCUT2D eigenvalue weighted by molar-refractivity contribution is 0.272. The number of hydrogen-bond acceptors (Lipinski definition) is 9. The minimum Gasteiger partial charge on any atom is -0.493 e. The van der Waals surface area contributed by atoms with Crippen molar-refractivity contribution >= 4 is 27.5 Å². The molecule has 0 spiro atoms.